The summed E-state index contributed by atoms with van der Waals surface area (Å²) in [5, 5.41) is 4.46. The van der Waals surface area contributed by atoms with E-state index in [1.807, 2.05) is 5.38 Å². The highest BCUT2D eigenvalue weighted by Crippen LogP contribution is 2.12. The van der Waals surface area contributed by atoms with Crippen molar-refractivity contribution in [2.45, 2.75) is 0 Å². The molecule has 1 amide bonds. The largest absolute Gasteiger partial charge is 0.465 e. The number of nitrogens with one attached hydrogen (secondary N) is 1. The number of thiophene rings is 1. The van der Waals surface area contributed by atoms with Crippen molar-refractivity contribution >= 4 is 29.0 Å². The first-order valence-electron chi connectivity index (χ1n) is 5.10. The third kappa shape index (κ3) is 2.72. The zero-order valence-corrected chi connectivity index (χ0v) is 10.4. The molecule has 0 bridgehead atoms. The minimum atomic E-state index is -0.460. The molecule has 0 aliphatic rings. The van der Waals surface area contributed by atoms with Gasteiger partial charge in [-0.05, 0) is 23.6 Å². The molecule has 1 N–H and O–H groups in total. The Morgan fingerprint density at radius 3 is 2.72 bits per heavy atom. The highest BCUT2D eigenvalue weighted by Gasteiger charge is 2.09. The lowest BCUT2D eigenvalue weighted by Crippen LogP contribution is -2.11. The minimum Gasteiger partial charge on any atom is -0.465 e. The number of esters is 1. The van der Waals surface area contributed by atoms with E-state index in [4.69, 9.17) is 0 Å². The lowest BCUT2D eigenvalue weighted by molar-refractivity contribution is 0.0600. The van der Waals surface area contributed by atoms with Crippen LogP contribution in [0.5, 0.6) is 0 Å². The first-order chi connectivity index (χ1) is 8.70. The lowest BCUT2D eigenvalue weighted by atomic mass is 10.3. The molecular formula is C12H10N2O3S. The van der Waals surface area contributed by atoms with Gasteiger partial charge in [0.2, 0.25) is 0 Å². The summed E-state index contributed by atoms with van der Waals surface area (Å²) in [6, 6.07) is 6.62. The number of ether oxygens (including phenoxy) is 1. The summed E-state index contributed by atoms with van der Waals surface area (Å²) in [6.07, 6.45) is 1.36. The molecule has 0 saturated heterocycles. The standard InChI is InChI=1S/C12H10N2O3S/c1-17-12(16)8-4-5-10(13-7-8)14-11(15)9-3-2-6-18-9/h2-7H,1H3,(H,13,14,15). The number of pyridine rings is 1. The van der Waals surface area contributed by atoms with E-state index in [1.165, 1.54) is 24.6 Å². The topological polar surface area (TPSA) is 68.3 Å². The first-order valence-corrected chi connectivity index (χ1v) is 5.98. The Hall–Kier alpha value is -2.21. The third-order valence-corrected chi connectivity index (χ3v) is 3.04. The second kappa shape index (κ2) is 5.42. The van der Waals surface area contributed by atoms with Gasteiger partial charge in [0.25, 0.3) is 5.91 Å². The van der Waals surface area contributed by atoms with E-state index in [9.17, 15) is 9.59 Å². The van der Waals surface area contributed by atoms with Crippen LogP contribution in [0.4, 0.5) is 5.82 Å². The predicted molar refractivity (Wildman–Crippen MR) is 67.8 cm³/mol. The highest BCUT2D eigenvalue weighted by atomic mass is 32.1. The second-order valence-corrected chi connectivity index (χ2v) is 4.30. The molecule has 6 heteroatoms. The molecule has 0 atom stereocenters. The van der Waals surface area contributed by atoms with Gasteiger partial charge in [-0.3, -0.25) is 4.79 Å². The molecule has 5 nitrogen and oxygen atoms in total. The average molecular weight is 262 g/mol. The van der Waals surface area contributed by atoms with Crippen molar-refractivity contribution in [2.24, 2.45) is 0 Å². The van der Waals surface area contributed by atoms with Crippen LogP contribution >= 0.6 is 11.3 Å². The van der Waals surface area contributed by atoms with Crippen molar-refractivity contribution in [1.82, 2.24) is 4.98 Å². The fraction of sp³-hybridized carbons (Fsp3) is 0.0833. The monoisotopic (exact) mass is 262 g/mol. The van der Waals surface area contributed by atoms with Gasteiger partial charge in [-0.2, -0.15) is 0 Å². The van der Waals surface area contributed by atoms with Crippen LogP contribution in [-0.4, -0.2) is 24.0 Å². The number of aromatic nitrogens is 1. The molecule has 0 radical (unpaired) electrons. The fourth-order valence-electron chi connectivity index (χ4n) is 1.29. The molecule has 2 aromatic heterocycles. The van der Waals surface area contributed by atoms with Crippen molar-refractivity contribution in [2.75, 3.05) is 12.4 Å². The Morgan fingerprint density at radius 2 is 2.17 bits per heavy atom. The van der Waals surface area contributed by atoms with Crippen molar-refractivity contribution in [3.63, 3.8) is 0 Å². The zero-order valence-electron chi connectivity index (χ0n) is 9.54. The summed E-state index contributed by atoms with van der Waals surface area (Å²) in [6.45, 7) is 0. The molecule has 92 valence electrons. The molecule has 2 rings (SSSR count). The summed E-state index contributed by atoms with van der Waals surface area (Å²) < 4.78 is 4.55. The van der Waals surface area contributed by atoms with Gasteiger partial charge in [0, 0.05) is 6.20 Å². The van der Waals surface area contributed by atoms with Crippen molar-refractivity contribution in [1.29, 1.82) is 0 Å². The molecule has 0 aromatic carbocycles. The van der Waals surface area contributed by atoms with Crippen LogP contribution in [0.3, 0.4) is 0 Å². The Labute approximate surface area is 107 Å². The van der Waals surface area contributed by atoms with E-state index in [2.05, 4.69) is 15.0 Å². The van der Waals surface area contributed by atoms with E-state index in [1.54, 1.807) is 24.3 Å². The van der Waals surface area contributed by atoms with Crippen molar-refractivity contribution in [3.8, 4) is 0 Å². The fourth-order valence-corrected chi connectivity index (χ4v) is 1.91. The van der Waals surface area contributed by atoms with Crippen LogP contribution in [0.25, 0.3) is 0 Å². The molecule has 0 fully saturated rings. The Kier molecular flexibility index (Phi) is 3.69. The van der Waals surface area contributed by atoms with E-state index in [-0.39, 0.29) is 5.91 Å². The lowest BCUT2D eigenvalue weighted by Gasteiger charge is -2.03. The number of carbonyl (C=O) groups excluding carboxylic acids is 2. The molecule has 0 aliphatic carbocycles. The number of hydrogen-bond donors (Lipinski definition) is 1. The van der Waals surface area contributed by atoms with E-state index in [0.29, 0.717) is 16.3 Å². The van der Waals surface area contributed by atoms with Gasteiger partial charge in [-0.1, -0.05) is 6.07 Å². The number of anilines is 1. The van der Waals surface area contributed by atoms with E-state index >= 15 is 0 Å². The molecule has 0 aliphatic heterocycles. The first kappa shape index (κ1) is 12.3. The summed E-state index contributed by atoms with van der Waals surface area (Å²) in [5.41, 5.74) is 0.339. The van der Waals surface area contributed by atoms with Crippen LogP contribution in [0.15, 0.2) is 35.8 Å². The van der Waals surface area contributed by atoms with Crippen molar-refractivity contribution < 1.29 is 14.3 Å². The van der Waals surface area contributed by atoms with E-state index in [0.717, 1.165) is 0 Å². The third-order valence-electron chi connectivity index (χ3n) is 2.17. The van der Waals surface area contributed by atoms with Crippen LogP contribution in [0.2, 0.25) is 0 Å². The maximum Gasteiger partial charge on any atom is 0.339 e. The Balaban J connectivity index is 2.07. The van der Waals surface area contributed by atoms with Gasteiger partial charge in [-0.25, -0.2) is 9.78 Å². The molecular weight excluding hydrogens is 252 g/mol. The molecule has 18 heavy (non-hydrogen) atoms. The zero-order chi connectivity index (χ0) is 13.0. The summed E-state index contributed by atoms with van der Waals surface area (Å²) in [5.74, 6) is -0.289. The normalized spacial score (nSPS) is 9.83. The summed E-state index contributed by atoms with van der Waals surface area (Å²) >= 11 is 1.35. The van der Waals surface area contributed by atoms with Gasteiger partial charge >= 0.3 is 5.97 Å². The van der Waals surface area contributed by atoms with Gasteiger partial charge in [0.1, 0.15) is 5.82 Å². The van der Waals surface area contributed by atoms with Crippen LogP contribution < -0.4 is 5.32 Å². The number of carbonyl (C=O) groups is 2. The van der Waals surface area contributed by atoms with Crippen molar-refractivity contribution in [3.05, 3.63) is 46.3 Å². The quantitative estimate of drug-likeness (QED) is 0.861. The maximum atomic E-state index is 11.7. The predicted octanol–water partition coefficient (Wildman–Crippen LogP) is 2.18. The summed E-state index contributed by atoms with van der Waals surface area (Å²) in [7, 11) is 1.30. The number of nitrogens with zero attached hydrogens (tertiary/aromatic N) is 1. The Bertz CT molecular complexity index is 549. The number of hydrogen-bond acceptors (Lipinski definition) is 5. The van der Waals surface area contributed by atoms with Gasteiger partial charge in [0.15, 0.2) is 0 Å². The van der Waals surface area contributed by atoms with Gasteiger partial charge in [0.05, 0.1) is 17.6 Å². The molecule has 0 unspecified atom stereocenters. The number of rotatable bonds is 3. The Morgan fingerprint density at radius 1 is 1.33 bits per heavy atom. The molecule has 0 spiro atoms. The highest BCUT2D eigenvalue weighted by molar-refractivity contribution is 7.12. The number of methoxy groups -OCH3 is 1. The minimum absolute atomic E-state index is 0.219. The smallest absolute Gasteiger partial charge is 0.339 e. The second-order valence-electron chi connectivity index (χ2n) is 3.36. The van der Waals surface area contributed by atoms with Gasteiger partial charge in [-0.15, -0.1) is 11.3 Å². The summed E-state index contributed by atoms with van der Waals surface area (Å²) in [4.78, 5) is 27.5. The van der Waals surface area contributed by atoms with E-state index < -0.39 is 5.97 Å². The maximum absolute atomic E-state index is 11.7. The molecule has 0 saturated carbocycles. The molecule has 2 aromatic rings. The van der Waals surface area contributed by atoms with Crippen LogP contribution in [-0.2, 0) is 4.74 Å². The van der Waals surface area contributed by atoms with Gasteiger partial charge < -0.3 is 10.1 Å². The number of amides is 1. The van der Waals surface area contributed by atoms with Crippen LogP contribution in [0, 0.1) is 0 Å². The van der Waals surface area contributed by atoms with Crippen LogP contribution in [0.1, 0.15) is 20.0 Å². The molecule has 2 heterocycles. The average Bonchev–Trinajstić information content (AvgIpc) is 2.92. The SMILES string of the molecule is COC(=O)c1ccc(NC(=O)c2cccs2)nc1.